The van der Waals surface area contributed by atoms with Crippen LogP contribution in [0.3, 0.4) is 0 Å². The number of rotatable bonds is 3. The van der Waals surface area contributed by atoms with Crippen molar-refractivity contribution in [1.29, 1.82) is 5.41 Å². The Morgan fingerprint density at radius 2 is 2.33 bits per heavy atom. The monoisotopic (exact) mass is 247 g/mol. The molecular weight excluding hydrogens is 226 g/mol. The molecule has 5 nitrogen and oxygen atoms in total. The summed E-state index contributed by atoms with van der Waals surface area (Å²) in [5.74, 6) is 1.61. The number of aryl methyl sites for hydroxylation is 1. The molecule has 1 aromatic rings. The second-order valence-electron chi connectivity index (χ2n) is 4.82. The number of amidine groups is 1. The normalized spacial score (nSPS) is 19.9. The van der Waals surface area contributed by atoms with E-state index < -0.39 is 0 Å². The van der Waals surface area contributed by atoms with Crippen LogP contribution in [0.2, 0.25) is 0 Å². The van der Waals surface area contributed by atoms with Gasteiger partial charge in [-0.15, -0.1) is 0 Å². The number of nitrogens with one attached hydrogen (secondary N) is 1. The van der Waals surface area contributed by atoms with E-state index in [1.807, 2.05) is 6.92 Å². The molecule has 5 heteroatoms. The fourth-order valence-corrected chi connectivity index (χ4v) is 2.57. The van der Waals surface area contributed by atoms with Crippen LogP contribution in [-0.4, -0.2) is 28.4 Å². The number of nitrogen functional groups attached to an aromatic ring is 1. The van der Waals surface area contributed by atoms with Gasteiger partial charge in [0.1, 0.15) is 17.5 Å². The lowest BCUT2D eigenvalue weighted by Crippen LogP contribution is -2.41. The van der Waals surface area contributed by atoms with Crippen molar-refractivity contribution in [2.75, 3.05) is 11.4 Å². The van der Waals surface area contributed by atoms with Crippen molar-refractivity contribution in [1.82, 2.24) is 9.97 Å². The molecule has 2 rings (SSSR count). The Morgan fingerprint density at radius 1 is 1.56 bits per heavy atom. The molecule has 1 unspecified atom stereocenters. The molecule has 0 aromatic carbocycles. The molecular formula is C13H21N5. The Labute approximate surface area is 108 Å². The number of anilines is 1. The minimum Gasteiger partial charge on any atom is -0.384 e. The van der Waals surface area contributed by atoms with Crippen LogP contribution in [0.15, 0.2) is 6.20 Å². The van der Waals surface area contributed by atoms with Crippen LogP contribution in [0.25, 0.3) is 0 Å². The topological polar surface area (TPSA) is 78.9 Å². The second-order valence-corrected chi connectivity index (χ2v) is 4.82. The van der Waals surface area contributed by atoms with Gasteiger partial charge in [-0.2, -0.15) is 0 Å². The van der Waals surface area contributed by atoms with E-state index in [0.717, 1.165) is 24.6 Å². The lowest BCUT2D eigenvalue weighted by Gasteiger charge is -2.37. The molecule has 1 aromatic heterocycles. The van der Waals surface area contributed by atoms with Gasteiger partial charge in [0.15, 0.2) is 0 Å². The molecule has 0 saturated carbocycles. The molecule has 1 fully saturated rings. The highest BCUT2D eigenvalue weighted by Crippen LogP contribution is 2.27. The van der Waals surface area contributed by atoms with Crippen LogP contribution >= 0.6 is 0 Å². The van der Waals surface area contributed by atoms with E-state index in [1.165, 1.54) is 19.3 Å². The van der Waals surface area contributed by atoms with Crippen molar-refractivity contribution in [3.8, 4) is 0 Å². The summed E-state index contributed by atoms with van der Waals surface area (Å²) >= 11 is 0. The first-order chi connectivity index (χ1) is 8.63. The Bertz CT molecular complexity index is 443. The summed E-state index contributed by atoms with van der Waals surface area (Å²) in [6.07, 6.45) is 6.41. The van der Waals surface area contributed by atoms with E-state index >= 15 is 0 Å². The zero-order chi connectivity index (χ0) is 13.1. The van der Waals surface area contributed by atoms with Gasteiger partial charge >= 0.3 is 0 Å². The van der Waals surface area contributed by atoms with E-state index in [4.69, 9.17) is 11.1 Å². The van der Waals surface area contributed by atoms with Crippen LogP contribution in [-0.2, 0) is 0 Å². The smallest absolute Gasteiger partial charge is 0.143 e. The maximum absolute atomic E-state index is 7.66. The molecule has 0 radical (unpaired) electrons. The van der Waals surface area contributed by atoms with E-state index in [1.54, 1.807) is 6.20 Å². The van der Waals surface area contributed by atoms with Crippen LogP contribution in [0.4, 0.5) is 5.82 Å². The number of nitrogens with zero attached hydrogens (tertiary/aromatic N) is 3. The first kappa shape index (κ1) is 12.8. The van der Waals surface area contributed by atoms with Crippen LogP contribution < -0.4 is 10.6 Å². The molecule has 1 aliphatic rings. The predicted molar refractivity (Wildman–Crippen MR) is 73.1 cm³/mol. The summed E-state index contributed by atoms with van der Waals surface area (Å²) < 4.78 is 0. The number of hydrogen-bond donors (Lipinski definition) is 2. The summed E-state index contributed by atoms with van der Waals surface area (Å²) in [6, 6.07) is 0.506. The molecule has 98 valence electrons. The van der Waals surface area contributed by atoms with Gasteiger partial charge in [0.2, 0.25) is 0 Å². The molecule has 3 N–H and O–H groups in total. The highest BCUT2D eigenvalue weighted by Gasteiger charge is 2.25. The number of piperidine rings is 1. The van der Waals surface area contributed by atoms with Gasteiger partial charge < -0.3 is 10.6 Å². The zero-order valence-corrected chi connectivity index (χ0v) is 11.1. The molecule has 0 aliphatic carbocycles. The number of aromatic nitrogens is 2. The summed E-state index contributed by atoms with van der Waals surface area (Å²) in [7, 11) is 0. The molecule has 1 saturated heterocycles. The lowest BCUT2D eigenvalue weighted by atomic mass is 9.99. The first-order valence-electron chi connectivity index (χ1n) is 6.58. The third-order valence-corrected chi connectivity index (χ3v) is 3.55. The van der Waals surface area contributed by atoms with E-state index in [2.05, 4.69) is 21.8 Å². The first-order valence-corrected chi connectivity index (χ1v) is 6.58. The minimum absolute atomic E-state index is 0.0467. The van der Waals surface area contributed by atoms with Crippen molar-refractivity contribution in [2.24, 2.45) is 5.73 Å². The fraction of sp³-hybridized carbons (Fsp3) is 0.615. The quantitative estimate of drug-likeness (QED) is 0.631. The maximum Gasteiger partial charge on any atom is 0.143 e. The highest BCUT2D eigenvalue weighted by atomic mass is 15.2. The Balaban J connectivity index is 2.41. The van der Waals surface area contributed by atoms with Crippen molar-refractivity contribution in [2.45, 2.75) is 45.6 Å². The molecule has 1 atom stereocenters. The van der Waals surface area contributed by atoms with Crippen molar-refractivity contribution >= 4 is 11.7 Å². The van der Waals surface area contributed by atoms with Gasteiger partial charge in [-0.05, 0) is 32.6 Å². The number of hydrogen-bond acceptors (Lipinski definition) is 4. The Hall–Kier alpha value is -1.65. The van der Waals surface area contributed by atoms with Gasteiger partial charge in [0, 0.05) is 18.8 Å². The molecule has 1 aliphatic heterocycles. The molecule has 18 heavy (non-hydrogen) atoms. The van der Waals surface area contributed by atoms with Gasteiger partial charge in [-0.1, -0.05) is 6.92 Å². The molecule has 0 spiro atoms. The lowest BCUT2D eigenvalue weighted by molar-refractivity contribution is 0.446. The summed E-state index contributed by atoms with van der Waals surface area (Å²) in [5.41, 5.74) is 6.29. The maximum atomic E-state index is 7.66. The third-order valence-electron chi connectivity index (χ3n) is 3.55. The molecule has 2 heterocycles. The van der Waals surface area contributed by atoms with Gasteiger partial charge in [0.05, 0.1) is 5.56 Å². The second kappa shape index (κ2) is 5.33. The van der Waals surface area contributed by atoms with E-state index in [-0.39, 0.29) is 5.84 Å². The van der Waals surface area contributed by atoms with Crippen LogP contribution in [0, 0.1) is 12.3 Å². The largest absolute Gasteiger partial charge is 0.384 e. The van der Waals surface area contributed by atoms with Crippen LogP contribution in [0.1, 0.15) is 44.0 Å². The standard InChI is InChI=1S/C13H21N5/c1-3-10-6-4-5-7-18(10)13-11(12(14)15)8-16-9(2)17-13/h8,10H,3-7H2,1-2H3,(H3,14,15). The van der Waals surface area contributed by atoms with E-state index in [9.17, 15) is 0 Å². The van der Waals surface area contributed by atoms with Gasteiger partial charge in [0.25, 0.3) is 0 Å². The third kappa shape index (κ3) is 2.44. The van der Waals surface area contributed by atoms with E-state index in [0.29, 0.717) is 11.6 Å². The van der Waals surface area contributed by atoms with Gasteiger partial charge in [-0.3, -0.25) is 5.41 Å². The summed E-state index contributed by atoms with van der Waals surface area (Å²) in [4.78, 5) is 11.0. The van der Waals surface area contributed by atoms with Crippen molar-refractivity contribution in [3.63, 3.8) is 0 Å². The average molecular weight is 247 g/mol. The average Bonchev–Trinajstić information content (AvgIpc) is 2.38. The Morgan fingerprint density at radius 3 is 3.00 bits per heavy atom. The summed E-state index contributed by atoms with van der Waals surface area (Å²) in [6.45, 7) is 5.07. The number of nitrogens with two attached hydrogens (primary N) is 1. The molecule has 0 amide bonds. The van der Waals surface area contributed by atoms with Gasteiger partial charge in [-0.25, -0.2) is 9.97 Å². The van der Waals surface area contributed by atoms with Crippen molar-refractivity contribution < 1.29 is 0 Å². The molecule has 0 bridgehead atoms. The fourth-order valence-electron chi connectivity index (χ4n) is 2.57. The highest BCUT2D eigenvalue weighted by molar-refractivity contribution is 5.99. The van der Waals surface area contributed by atoms with Crippen LogP contribution in [0.5, 0.6) is 0 Å². The SMILES string of the molecule is CCC1CCCCN1c1nc(C)ncc1C(=N)N. The minimum atomic E-state index is 0.0467. The summed E-state index contributed by atoms with van der Waals surface area (Å²) in [5, 5.41) is 7.66. The zero-order valence-electron chi connectivity index (χ0n) is 11.1. The van der Waals surface area contributed by atoms with Crippen molar-refractivity contribution in [3.05, 3.63) is 17.6 Å². The Kier molecular flexibility index (Phi) is 3.79. The predicted octanol–water partition coefficient (Wildman–Crippen LogP) is 1.84.